The molecule has 21 heavy (non-hydrogen) atoms. The Kier molecular flexibility index (Phi) is 5.47. The van der Waals surface area contributed by atoms with Crippen LogP contribution in [-0.4, -0.2) is 33.3 Å². The van der Waals surface area contributed by atoms with E-state index in [1.54, 1.807) is 0 Å². The van der Waals surface area contributed by atoms with E-state index in [0.29, 0.717) is 17.9 Å². The molecule has 1 aliphatic rings. The second kappa shape index (κ2) is 7.13. The lowest BCUT2D eigenvalue weighted by molar-refractivity contribution is 0.174. The first-order valence-electron chi connectivity index (χ1n) is 7.39. The predicted molar refractivity (Wildman–Crippen MR) is 82.5 cm³/mol. The minimum Gasteiger partial charge on any atom is -0.454 e. The van der Waals surface area contributed by atoms with Crippen LogP contribution in [0.5, 0.6) is 11.5 Å². The van der Waals surface area contributed by atoms with Crippen LogP contribution in [0.15, 0.2) is 18.2 Å². The molecule has 0 spiro atoms. The quantitative estimate of drug-likeness (QED) is 0.797. The summed E-state index contributed by atoms with van der Waals surface area (Å²) in [6.07, 6.45) is 1.60. The number of hydrogen-bond donors (Lipinski definition) is 1. The lowest BCUT2D eigenvalue weighted by Crippen LogP contribution is -2.29. The van der Waals surface area contributed by atoms with Crippen LogP contribution in [0.3, 0.4) is 0 Å². The minimum atomic E-state index is -3.06. The molecule has 1 aromatic carbocycles. The van der Waals surface area contributed by atoms with E-state index in [-0.39, 0.29) is 24.3 Å². The molecule has 1 N–H and O–H groups in total. The van der Waals surface area contributed by atoms with E-state index in [1.807, 2.05) is 25.1 Å². The zero-order valence-electron chi connectivity index (χ0n) is 12.6. The van der Waals surface area contributed by atoms with E-state index in [2.05, 4.69) is 12.2 Å². The molecular formula is C15H23NO4S. The van der Waals surface area contributed by atoms with Crippen molar-refractivity contribution in [2.24, 2.45) is 0 Å². The van der Waals surface area contributed by atoms with Gasteiger partial charge in [-0.2, -0.15) is 0 Å². The molecule has 2 rings (SSSR count). The molecular weight excluding hydrogens is 290 g/mol. The van der Waals surface area contributed by atoms with Gasteiger partial charge in [0.25, 0.3) is 0 Å². The molecule has 5 nitrogen and oxygen atoms in total. The molecule has 1 atom stereocenters. The summed E-state index contributed by atoms with van der Waals surface area (Å²) < 4.78 is 34.9. The first-order valence-corrected chi connectivity index (χ1v) is 9.21. The van der Waals surface area contributed by atoms with E-state index in [1.165, 1.54) is 0 Å². The summed E-state index contributed by atoms with van der Waals surface area (Å²) in [6, 6.07) is 5.40. The van der Waals surface area contributed by atoms with Gasteiger partial charge >= 0.3 is 0 Å². The Bertz CT molecular complexity index is 571. The van der Waals surface area contributed by atoms with Gasteiger partial charge in [-0.1, -0.05) is 19.9 Å². The standard InChI is InChI=1S/C15H23NO4S/c1-3-7-16-13(10-21(17,18)8-4-2)12-5-6-14-15(9-12)20-11-19-14/h5-6,9,13,16H,3-4,7-8,10-11H2,1-2H3. The van der Waals surface area contributed by atoms with Crippen LogP contribution in [0.25, 0.3) is 0 Å². The van der Waals surface area contributed by atoms with Crippen LogP contribution in [-0.2, 0) is 9.84 Å². The van der Waals surface area contributed by atoms with Crippen LogP contribution in [0, 0.1) is 0 Å². The van der Waals surface area contributed by atoms with Gasteiger partial charge in [-0.25, -0.2) is 8.42 Å². The molecule has 1 aromatic rings. The highest BCUT2D eigenvalue weighted by Gasteiger charge is 2.22. The lowest BCUT2D eigenvalue weighted by Gasteiger charge is -2.19. The average molecular weight is 313 g/mol. The van der Waals surface area contributed by atoms with Gasteiger partial charge < -0.3 is 14.8 Å². The fourth-order valence-corrected chi connectivity index (χ4v) is 3.98. The third kappa shape index (κ3) is 4.35. The molecule has 0 radical (unpaired) electrons. The largest absolute Gasteiger partial charge is 0.454 e. The van der Waals surface area contributed by atoms with Crippen molar-refractivity contribution >= 4 is 9.84 Å². The first kappa shape index (κ1) is 16.1. The predicted octanol–water partition coefficient (Wildman–Crippen LogP) is 2.28. The Hall–Kier alpha value is -1.27. The van der Waals surface area contributed by atoms with Crippen molar-refractivity contribution in [3.63, 3.8) is 0 Å². The number of fused-ring (bicyclic) bond motifs is 1. The van der Waals surface area contributed by atoms with E-state index < -0.39 is 9.84 Å². The van der Waals surface area contributed by atoms with Gasteiger partial charge in [-0.05, 0) is 37.1 Å². The topological polar surface area (TPSA) is 64.6 Å². The maximum Gasteiger partial charge on any atom is 0.231 e. The summed E-state index contributed by atoms with van der Waals surface area (Å²) in [7, 11) is -3.06. The van der Waals surface area contributed by atoms with E-state index in [9.17, 15) is 8.42 Å². The number of benzene rings is 1. The average Bonchev–Trinajstić information content (AvgIpc) is 2.90. The Morgan fingerprint density at radius 3 is 2.67 bits per heavy atom. The Morgan fingerprint density at radius 2 is 1.95 bits per heavy atom. The maximum atomic E-state index is 12.1. The van der Waals surface area contributed by atoms with Gasteiger partial charge in [-0.15, -0.1) is 0 Å². The summed E-state index contributed by atoms with van der Waals surface area (Å²) in [5, 5.41) is 3.32. The molecule has 0 amide bonds. The van der Waals surface area contributed by atoms with Crippen LogP contribution in [0.4, 0.5) is 0 Å². The first-order chi connectivity index (χ1) is 10.1. The highest BCUT2D eigenvalue weighted by molar-refractivity contribution is 7.91. The molecule has 0 aliphatic carbocycles. The molecule has 0 saturated carbocycles. The van der Waals surface area contributed by atoms with Gasteiger partial charge in [-0.3, -0.25) is 0 Å². The molecule has 0 bridgehead atoms. The van der Waals surface area contributed by atoms with E-state index in [0.717, 1.165) is 18.5 Å². The zero-order chi connectivity index (χ0) is 15.3. The summed E-state index contributed by atoms with van der Waals surface area (Å²) >= 11 is 0. The molecule has 1 aliphatic heterocycles. The van der Waals surface area contributed by atoms with Gasteiger partial charge in [0.2, 0.25) is 6.79 Å². The molecule has 0 aromatic heterocycles. The van der Waals surface area contributed by atoms with Crippen molar-refractivity contribution in [3.05, 3.63) is 23.8 Å². The molecule has 1 unspecified atom stereocenters. The summed E-state index contributed by atoms with van der Waals surface area (Å²) in [5.74, 6) is 1.73. The van der Waals surface area contributed by atoms with E-state index >= 15 is 0 Å². The van der Waals surface area contributed by atoms with Gasteiger partial charge in [0, 0.05) is 11.8 Å². The van der Waals surface area contributed by atoms with Gasteiger partial charge in [0.1, 0.15) is 0 Å². The fourth-order valence-electron chi connectivity index (χ4n) is 2.37. The van der Waals surface area contributed by atoms with Gasteiger partial charge in [0.15, 0.2) is 21.3 Å². The van der Waals surface area contributed by atoms with Crippen LogP contribution >= 0.6 is 0 Å². The van der Waals surface area contributed by atoms with Gasteiger partial charge in [0.05, 0.1) is 5.75 Å². The second-order valence-electron chi connectivity index (χ2n) is 5.23. The fraction of sp³-hybridized carbons (Fsp3) is 0.600. The van der Waals surface area contributed by atoms with Crippen LogP contribution in [0.2, 0.25) is 0 Å². The SMILES string of the molecule is CCCNC(CS(=O)(=O)CCC)c1ccc2c(c1)OCO2. The highest BCUT2D eigenvalue weighted by atomic mass is 32.2. The maximum absolute atomic E-state index is 12.1. The van der Waals surface area contributed by atoms with Crippen LogP contribution in [0.1, 0.15) is 38.3 Å². The number of ether oxygens (including phenoxy) is 2. The zero-order valence-corrected chi connectivity index (χ0v) is 13.4. The Morgan fingerprint density at radius 1 is 1.19 bits per heavy atom. The summed E-state index contributed by atoms with van der Waals surface area (Å²) in [6.45, 7) is 4.94. The van der Waals surface area contributed by atoms with Crippen molar-refractivity contribution in [1.29, 1.82) is 0 Å². The number of hydrogen-bond acceptors (Lipinski definition) is 5. The number of nitrogens with one attached hydrogen (secondary N) is 1. The molecule has 0 fully saturated rings. The number of sulfone groups is 1. The highest BCUT2D eigenvalue weighted by Crippen LogP contribution is 2.34. The van der Waals surface area contributed by atoms with Crippen LogP contribution < -0.4 is 14.8 Å². The smallest absolute Gasteiger partial charge is 0.231 e. The lowest BCUT2D eigenvalue weighted by atomic mass is 10.1. The van der Waals surface area contributed by atoms with Crippen molar-refractivity contribution in [2.75, 3.05) is 24.8 Å². The molecule has 0 saturated heterocycles. The normalized spacial score (nSPS) is 15.1. The summed E-state index contributed by atoms with van der Waals surface area (Å²) in [5.41, 5.74) is 0.923. The number of rotatable bonds is 8. The molecule has 1 heterocycles. The van der Waals surface area contributed by atoms with Crippen molar-refractivity contribution in [2.45, 2.75) is 32.7 Å². The third-order valence-electron chi connectivity index (χ3n) is 3.38. The monoisotopic (exact) mass is 313 g/mol. The minimum absolute atomic E-state index is 0.112. The Balaban J connectivity index is 2.19. The summed E-state index contributed by atoms with van der Waals surface area (Å²) in [4.78, 5) is 0. The van der Waals surface area contributed by atoms with Crippen molar-refractivity contribution in [3.8, 4) is 11.5 Å². The molecule has 118 valence electrons. The third-order valence-corrected chi connectivity index (χ3v) is 5.25. The van der Waals surface area contributed by atoms with Crippen molar-refractivity contribution in [1.82, 2.24) is 5.32 Å². The van der Waals surface area contributed by atoms with Crippen molar-refractivity contribution < 1.29 is 17.9 Å². The Labute approximate surface area is 126 Å². The molecule has 6 heteroatoms. The second-order valence-corrected chi connectivity index (χ2v) is 7.46. The van der Waals surface area contributed by atoms with E-state index in [4.69, 9.17) is 9.47 Å².